The van der Waals surface area contributed by atoms with E-state index >= 15 is 0 Å². The summed E-state index contributed by atoms with van der Waals surface area (Å²) in [7, 11) is 0. The van der Waals surface area contributed by atoms with Gasteiger partial charge in [0.25, 0.3) is 5.91 Å². The minimum absolute atomic E-state index is 0.0409. The first-order chi connectivity index (χ1) is 8.63. The molecule has 2 atom stereocenters. The Morgan fingerprint density at radius 3 is 3.06 bits per heavy atom. The molecule has 1 amide bonds. The number of hydrogen-bond acceptors (Lipinski definition) is 3. The molecule has 4 heteroatoms. The summed E-state index contributed by atoms with van der Waals surface area (Å²) in [6, 6.07) is 0.0879. The summed E-state index contributed by atoms with van der Waals surface area (Å²) in [6.07, 6.45) is 3.23. The van der Waals surface area contributed by atoms with Gasteiger partial charge in [-0.3, -0.25) is 4.79 Å². The molecule has 1 aromatic heterocycles. The number of thiophene rings is 1. The first-order valence-electron chi connectivity index (χ1n) is 6.63. The average Bonchev–Trinajstić information content (AvgIpc) is 2.97. The van der Waals surface area contributed by atoms with E-state index in [0.717, 1.165) is 31.4 Å². The van der Waals surface area contributed by atoms with Crippen molar-refractivity contribution in [3.63, 3.8) is 0 Å². The van der Waals surface area contributed by atoms with Gasteiger partial charge in [-0.05, 0) is 38.7 Å². The molecular weight excluding hydrogens is 246 g/mol. The number of rotatable bonds is 4. The van der Waals surface area contributed by atoms with Crippen LogP contribution in [0.4, 0.5) is 0 Å². The normalized spacial score (nSPS) is 20.9. The van der Waals surface area contributed by atoms with E-state index < -0.39 is 0 Å². The summed E-state index contributed by atoms with van der Waals surface area (Å²) in [5.74, 6) is 0.0409. The van der Waals surface area contributed by atoms with Crippen molar-refractivity contribution in [2.45, 2.75) is 52.2 Å². The van der Waals surface area contributed by atoms with Gasteiger partial charge in [0.2, 0.25) is 0 Å². The predicted octanol–water partition coefficient (Wildman–Crippen LogP) is 2.92. The van der Waals surface area contributed by atoms with E-state index in [1.54, 1.807) is 11.3 Å². The smallest absolute Gasteiger partial charge is 0.252 e. The number of hydrogen-bond donors (Lipinski definition) is 1. The summed E-state index contributed by atoms with van der Waals surface area (Å²) < 4.78 is 5.60. The quantitative estimate of drug-likeness (QED) is 0.911. The lowest BCUT2D eigenvalue weighted by molar-refractivity contribution is 0.0712. The molecule has 3 nitrogen and oxygen atoms in total. The summed E-state index contributed by atoms with van der Waals surface area (Å²) in [4.78, 5) is 13.5. The summed E-state index contributed by atoms with van der Waals surface area (Å²) in [5.41, 5.74) is 2.02. The SMILES string of the molecule is CCc1c(C(=O)N[C@@H](C)[C@H]2CCCO2)csc1C. The van der Waals surface area contributed by atoms with Crippen LogP contribution in [0.2, 0.25) is 0 Å². The van der Waals surface area contributed by atoms with Crippen LogP contribution in [0, 0.1) is 6.92 Å². The van der Waals surface area contributed by atoms with Crippen molar-refractivity contribution >= 4 is 17.2 Å². The zero-order valence-corrected chi connectivity index (χ0v) is 12.1. The maximum absolute atomic E-state index is 12.2. The Labute approximate surface area is 113 Å². The Morgan fingerprint density at radius 1 is 1.67 bits per heavy atom. The van der Waals surface area contributed by atoms with Crippen molar-refractivity contribution in [2.75, 3.05) is 6.61 Å². The lowest BCUT2D eigenvalue weighted by Crippen LogP contribution is -2.41. The Kier molecular flexibility index (Phi) is 4.40. The maximum Gasteiger partial charge on any atom is 0.252 e. The van der Waals surface area contributed by atoms with Crippen LogP contribution in [0.1, 0.15) is 47.5 Å². The molecule has 1 aromatic rings. The highest BCUT2D eigenvalue weighted by Gasteiger charge is 2.25. The highest BCUT2D eigenvalue weighted by molar-refractivity contribution is 7.10. The fourth-order valence-electron chi connectivity index (χ4n) is 2.48. The largest absolute Gasteiger partial charge is 0.376 e. The molecule has 0 unspecified atom stereocenters. The summed E-state index contributed by atoms with van der Waals surface area (Å²) >= 11 is 1.65. The minimum atomic E-state index is 0.0409. The van der Waals surface area contributed by atoms with E-state index in [4.69, 9.17) is 4.74 Å². The van der Waals surface area contributed by atoms with Gasteiger partial charge in [-0.25, -0.2) is 0 Å². The lowest BCUT2D eigenvalue weighted by atomic mass is 10.1. The molecule has 0 aliphatic carbocycles. The number of nitrogens with one attached hydrogen (secondary N) is 1. The van der Waals surface area contributed by atoms with Crippen molar-refractivity contribution in [3.8, 4) is 0 Å². The van der Waals surface area contributed by atoms with Gasteiger partial charge in [0.15, 0.2) is 0 Å². The molecular formula is C14H21NO2S. The maximum atomic E-state index is 12.2. The van der Waals surface area contributed by atoms with Gasteiger partial charge in [0.05, 0.1) is 17.7 Å². The summed E-state index contributed by atoms with van der Waals surface area (Å²) in [6.45, 7) is 7.01. The first kappa shape index (κ1) is 13.6. The molecule has 0 aromatic carbocycles. The van der Waals surface area contributed by atoms with Crippen molar-refractivity contribution in [1.82, 2.24) is 5.32 Å². The second kappa shape index (κ2) is 5.85. The molecule has 0 bridgehead atoms. The second-order valence-electron chi connectivity index (χ2n) is 4.85. The molecule has 0 radical (unpaired) electrons. The molecule has 1 N–H and O–H groups in total. The number of carbonyl (C=O) groups is 1. The van der Waals surface area contributed by atoms with E-state index in [0.29, 0.717) is 0 Å². The van der Waals surface area contributed by atoms with Crippen molar-refractivity contribution in [2.24, 2.45) is 0 Å². The van der Waals surface area contributed by atoms with Crippen LogP contribution < -0.4 is 5.32 Å². The second-order valence-corrected chi connectivity index (χ2v) is 5.94. The lowest BCUT2D eigenvalue weighted by Gasteiger charge is -2.20. The zero-order valence-electron chi connectivity index (χ0n) is 11.3. The first-order valence-corrected chi connectivity index (χ1v) is 7.50. The zero-order chi connectivity index (χ0) is 13.1. The van der Waals surface area contributed by atoms with Gasteiger partial charge >= 0.3 is 0 Å². The molecule has 0 saturated carbocycles. The van der Waals surface area contributed by atoms with E-state index in [1.165, 1.54) is 10.4 Å². The van der Waals surface area contributed by atoms with Gasteiger partial charge in [0, 0.05) is 16.9 Å². The fraction of sp³-hybridized carbons (Fsp3) is 0.643. The summed E-state index contributed by atoms with van der Waals surface area (Å²) in [5, 5.41) is 5.03. The van der Waals surface area contributed by atoms with Gasteiger partial charge < -0.3 is 10.1 Å². The van der Waals surface area contributed by atoms with E-state index in [1.807, 2.05) is 12.3 Å². The molecule has 2 heterocycles. The van der Waals surface area contributed by atoms with Crippen molar-refractivity contribution < 1.29 is 9.53 Å². The molecule has 2 rings (SSSR count). The van der Waals surface area contributed by atoms with Crippen LogP contribution in [0.5, 0.6) is 0 Å². The monoisotopic (exact) mass is 267 g/mol. The predicted molar refractivity (Wildman–Crippen MR) is 74.3 cm³/mol. The van der Waals surface area contributed by atoms with Crippen LogP contribution in [0.25, 0.3) is 0 Å². The van der Waals surface area contributed by atoms with E-state index in [-0.39, 0.29) is 18.1 Å². The molecule has 100 valence electrons. The third-order valence-corrected chi connectivity index (χ3v) is 4.54. The number of aryl methyl sites for hydroxylation is 1. The Bertz CT molecular complexity index is 421. The number of carbonyl (C=O) groups excluding carboxylic acids is 1. The molecule has 1 aliphatic rings. The third kappa shape index (κ3) is 2.75. The Balaban J connectivity index is 2.02. The van der Waals surface area contributed by atoms with Crippen LogP contribution >= 0.6 is 11.3 Å². The van der Waals surface area contributed by atoms with Gasteiger partial charge in [-0.15, -0.1) is 11.3 Å². The van der Waals surface area contributed by atoms with Crippen LogP contribution in [-0.4, -0.2) is 24.7 Å². The molecule has 0 spiro atoms. The molecule has 1 saturated heterocycles. The molecule has 18 heavy (non-hydrogen) atoms. The van der Waals surface area contributed by atoms with Crippen molar-refractivity contribution in [3.05, 3.63) is 21.4 Å². The van der Waals surface area contributed by atoms with Gasteiger partial charge in [0.1, 0.15) is 0 Å². The van der Waals surface area contributed by atoms with Crippen molar-refractivity contribution in [1.29, 1.82) is 0 Å². The fourth-order valence-corrected chi connectivity index (χ4v) is 3.42. The highest BCUT2D eigenvalue weighted by Crippen LogP contribution is 2.23. The third-order valence-electron chi connectivity index (χ3n) is 3.58. The van der Waals surface area contributed by atoms with Crippen LogP contribution in [0.3, 0.4) is 0 Å². The Hall–Kier alpha value is -0.870. The van der Waals surface area contributed by atoms with E-state index in [9.17, 15) is 4.79 Å². The molecule has 1 aliphatic heterocycles. The average molecular weight is 267 g/mol. The van der Waals surface area contributed by atoms with E-state index in [2.05, 4.69) is 19.2 Å². The topological polar surface area (TPSA) is 38.3 Å². The highest BCUT2D eigenvalue weighted by atomic mass is 32.1. The number of amides is 1. The molecule has 1 fully saturated rings. The van der Waals surface area contributed by atoms with Gasteiger partial charge in [-0.2, -0.15) is 0 Å². The standard InChI is InChI=1S/C14H21NO2S/c1-4-11-10(3)18-8-12(11)14(16)15-9(2)13-6-5-7-17-13/h8-9,13H,4-7H2,1-3H3,(H,15,16)/t9-,13+/m0/s1. The van der Waals surface area contributed by atoms with Gasteiger partial charge in [-0.1, -0.05) is 6.92 Å². The number of ether oxygens (including phenoxy) is 1. The van der Waals surface area contributed by atoms with Crippen LogP contribution in [-0.2, 0) is 11.2 Å². The minimum Gasteiger partial charge on any atom is -0.376 e. The Morgan fingerprint density at radius 2 is 2.44 bits per heavy atom. The van der Waals surface area contributed by atoms with Crippen LogP contribution in [0.15, 0.2) is 5.38 Å².